The number of rotatable bonds is 3. The Hall–Kier alpha value is -1.20. The zero-order valence-corrected chi connectivity index (χ0v) is 11.8. The SMILES string of the molecule is CC(=O)C(C)=Cc1sc(N2CCOCC2)nc1C. The van der Waals surface area contributed by atoms with Gasteiger partial charge in [0.1, 0.15) is 0 Å². The maximum Gasteiger partial charge on any atom is 0.186 e. The molecular formula is C13H18N2O2S. The van der Waals surface area contributed by atoms with Crippen LogP contribution < -0.4 is 4.90 Å². The highest BCUT2D eigenvalue weighted by molar-refractivity contribution is 7.16. The summed E-state index contributed by atoms with van der Waals surface area (Å²) in [5.74, 6) is 0.107. The van der Waals surface area contributed by atoms with Crippen LogP contribution >= 0.6 is 11.3 Å². The third-order valence-electron chi connectivity index (χ3n) is 3.01. The molecule has 98 valence electrons. The second-order valence-electron chi connectivity index (χ2n) is 4.43. The Kier molecular flexibility index (Phi) is 4.14. The van der Waals surface area contributed by atoms with E-state index in [0.29, 0.717) is 0 Å². The van der Waals surface area contributed by atoms with Gasteiger partial charge in [-0.05, 0) is 32.4 Å². The van der Waals surface area contributed by atoms with Crippen LogP contribution in [0.25, 0.3) is 6.08 Å². The summed E-state index contributed by atoms with van der Waals surface area (Å²) in [5.41, 5.74) is 1.76. The maximum absolute atomic E-state index is 11.3. The summed E-state index contributed by atoms with van der Waals surface area (Å²) >= 11 is 1.64. The summed E-state index contributed by atoms with van der Waals surface area (Å²) in [4.78, 5) is 19.1. The average Bonchev–Trinajstić information content (AvgIpc) is 2.72. The van der Waals surface area contributed by atoms with E-state index in [9.17, 15) is 4.79 Å². The highest BCUT2D eigenvalue weighted by Crippen LogP contribution is 2.28. The first-order valence-electron chi connectivity index (χ1n) is 6.07. The molecule has 0 aliphatic carbocycles. The molecule has 4 nitrogen and oxygen atoms in total. The highest BCUT2D eigenvalue weighted by atomic mass is 32.1. The minimum atomic E-state index is 0.107. The van der Waals surface area contributed by atoms with Gasteiger partial charge in [0.15, 0.2) is 10.9 Å². The van der Waals surface area contributed by atoms with Crippen LogP contribution in [0.2, 0.25) is 0 Å². The van der Waals surface area contributed by atoms with Gasteiger partial charge < -0.3 is 9.64 Å². The van der Waals surface area contributed by atoms with E-state index in [-0.39, 0.29) is 5.78 Å². The smallest absolute Gasteiger partial charge is 0.186 e. The monoisotopic (exact) mass is 266 g/mol. The van der Waals surface area contributed by atoms with Crippen LogP contribution in [0.5, 0.6) is 0 Å². The van der Waals surface area contributed by atoms with Crippen LogP contribution in [-0.2, 0) is 9.53 Å². The van der Waals surface area contributed by atoms with Gasteiger partial charge in [0, 0.05) is 13.1 Å². The second-order valence-corrected chi connectivity index (χ2v) is 5.44. The number of morpholine rings is 1. The fourth-order valence-corrected chi connectivity index (χ4v) is 2.84. The lowest BCUT2D eigenvalue weighted by Crippen LogP contribution is -2.36. The van der Waals surface area contributed by atoms with Crippen LogP contribution in [0.3, 0.4) is 0 Å². The van der Waals surface area contributed by atoms with Gasteiger partial charge in [-0.1, -0.05) is 11.3 Å². The van der Waals surface area contributed by atoms with Crippen molar-refractivity contribution in [3.8, 4) is 0 Å². The fraction of sp³-hybridized carbons (Fsp3) is 0.538. The third-order valence-corrected chi connectivity index (χ3v) is 4.17. The Balaban J connectivity index is 2.21. The number of allylic oxidation sites excluding steroid dienone is 1. The van der Waals surface area contributed by atoms with Crippen LogP contribution in [0.1, 0.15) is 24.4 Å². The first-order chi connectivity index (χ1) is 8.58. The summed E-state index contributed by atoms with van der Waals surface area (Å²) < 4.78 is 5.33. The van der Waals surface area contributed by atoms with Crippen molar-refractivity contribution in [2.75, 3.05) is 31.2 Å². The van der Waals surface area contributed by atoms with E-state index < -0.39 is 0 Å². The lowest BCUT2D eigenvalue weighted by molar-refractivity contribution is -0.113. The number of aromatic nitrogens is 1. The van der Waals surface area contributed by atoms with Crippen molar-refractivity contribution in [1.29, 1.82) is 0 Å². The number of anilines is 1. The Labute approximate surface area is 111 Å². The Bertz CT molecular complexity index is 473. The van der Waals surface area contributed by atoms with E-state index in [1.165, 1.54) is 0 Å². The van der Waals surface area contributed by atoms with Crippen molar-refractivity contribution in [3.05, 3.63) is 16.1 Å². The number of carbonyl (C=O) groups is 1. The standard InChI is InChI=1S/C13H18N2O2S/c1-9(11(3)16)8-12-10(2)14-13(18-12)15-4-6-17-7-5-15/h8H,4-7H2,1-3H3. The van der Waals surface area contributed by atoms with Crippen molar-refractivity contribution in [1.82, 2.24) is 4.98 Å². The number of nitrogens with zero attached hydrogens (tertiary/aromatic N) is 2. The lowest BCUT2D eigenvalue weighted by atomic mass is 10.2. The molecule has 0 amide bonds. The minimum Gasteiger partial charge on any atom is -0.378 e. The van der Waals surface area contributed by atoms with Crippen molar-refractivity contribution in [2.45, 2.75) is 20.8 Å². The molecule has 0 aromatic carbocycles. The molecule has 0 bridgehead atoms. The normalized spacial score (nSPS) is 17.1. The van der Waals surface area contributed by atoms with Crippen LogP contribution in [0.15, 0.2) is 5.57 Å². The molecular weight excluding hydrogens is 248 g/mol. The van der Waals surface area contributed by atoms with Crippen molar-refractivity contribution < 1.29 is 9.53 Å². The van der Waals surface area contributed by atoms with Crippen molar-refractivity contribution in [2.24, 2.45) is 0 Å². The summed E-state index contributed by atoms with van der Waals surface area (Å²) in [5, 5.41) is 1.03. The molecule has 5 heteroatoms. The Morgan fingerprint density at radius 2 is 2.06 bits per heavy atom. The molecule has 0 unspecified atom stereocenters. The number of hydrogen-bond donors (Lipinski definition) is 0. The van der Waals surface area contributed by atoms with Crippen LogP contribution in [-0.4, -0.2) is 37.1 Å². The molecule has 18 heavy (non-hydrogen) atoms. The zero-order chi connectivity index (χ0) is 13.1. The van der Waals surface area contributed by atoms with E-state index in [2.05, 4.69) is 9.88 Å². The molecule has 0 saturated carbocycles. The molecule has 1 aliphatic heterocycles. The predicted molar refractivity (Wildman–Crippen MR) is 74.2 cm³/mol. The molecule has 2 heterocycles. The molecule has 0 spiro atoms. The minimum absolute atomic E-state index is 0.107. The largest absolute Gasteiger partial charge is 0.378 e. The Morgan fingerprint density at radius 1 is 1.39 bits per heavy atom. The molecule has 1 saturated heterocycles. The van der Waals surface area contributed by atoms with E-state index in [1.54, 1.807) is 18.3 Å². The van der Waals surface area contributed by atoms with Crippen molar-refractivity contribution >= 4 is 28.3 Å². The number of Topliss-reactive ketones (excluding diaryl/α,β-unsaturated/α-hetero) is 1. The van der Waals surface area contributed by atoms with Gasteiger partial charge in [0.05, 0.1) is 23.8 Å². The highest BCUT2D eigenvalue weighted by Gasteiger charge is 2.16. The van der Waals surface area contributed by atoms with Gasteiger partial charge in [0.2, 0.25) is 0 Å². The van der Waals surface area contributed by atoms with Gasteiger partial charge in [-0.25, -0.2) is 4.98 Å². The lowest BCUT2D eigenvalue weighted by Gasteiger charge is -2.25. The van der Waals surface area contributed by atoms with E-state index >= 15 is 0 Å². The predicted octanol–water partition coefficient (Wildman–Crippen LogP) is 2.28. The van der Waals surface area contributed by atoms with Gasteiger partial charge in [0.25, 0.3) is 0 Å². The molecule has 1 fully saturated rings. The molecule has 0 N–H and O–H groups in total. The van der Waals surface area contributed by atoms with E-state index in [1.807, 2.05) is 19.9 Å². The number of carbonyl (C=O) groups excluding carboxylic acids is 1. The van der Waals surface area contributed by atoms with Crippen LogP contribution in [0, 0.1) is 6.92 Å². The molecule has 0 atom stereocenters. The van der Waals surface area contributed by atoms with Crippen molar-refractivity contribution in [3.63, 3.8) is 0 Å². The number of ether oxygens (including phenoxy) is 1. The first-order valence-corrected chi connectivity index (χ1v) is 6.89. The third kappa shape index (κ3) is 2.97. The fourth-order valence-electron chi connectivity index (χ4n) is 1.72. The average molecular weight is 266 g/mol. The number of hydrogen-bond acceptors (Lipinski definition) is 5. The molecule has 0 radical (unpaired) electrons. The molecule has 1 aromatic rings. The summed E-state index contributed by atoms with van der Waals surface area (Å²) in [7, 11) is 0. The number of ketones is 1. The molecule has 1 aliphatic rings. The number of thiazole rings is 1. The molecule has 2 rings (SSSR count). The van der Waals surface area contributed by atoms with E-state index in [0.717, 1.165) is 47.6 Å². The first kappa shape index (κ1) is 13.2. The molecule has 1 aromatic heterocycles. The van der Waals surface area contributed by atoms with Crippen LogP contribution in [0.4, 0.5) is 5.13 Å². The maximum atomic E-state index is 11.3. The summed E-state index contributed by atoms with van der Waals surface area (Å²) in [6.07, 6.45) is 1.93. The second kappa shape index (κ2) is 5.63. The van der Waals surface area contributed by atoms with Gasteiger partial charge in [-0.15, -0.1) is 0 Å². The quantitative estimate of drug-likeness (QED) is 0.787. The summed E-state index contributed by atoms with van der Waals surface area (Å²) in [6, 6.07) is 0. The number of aryl methyl sites for hydroxylation is 1. The van der Waals surface area contributed by atoms with E-state index in [4.69, 9.17) is 4.74 Å². The summed E-state index contributed by atoms with van der Waals surface area (Å²) in [6.45, 7) is 8.72. The van der Waals surface area contributed by atoms with Gasteiger partial charge in [-0.2, -0.15) is 0 Å². The topological polar surface area (TPSA) is 42.4 Å². The van der Waals surface area contributed by atoms with Gasteiger partial charge >= 0.3 is 0 Å². The van der Waals surface area contributed by atoms with Gasteiger partial charge in [-0.3, -0.25) is 4.79 Å². The Morgan fingerprint density at radius 3 is 2.67 bits per heavy atom. The zero-order valence-electron chi connectivity index (χ0n) is 11.0.